The van der Waals surface area contributed by atoms with Crippen molar-refractivity contribution >= 4 is 21.6 Å². The number of benzene rings is 1. The van der Waals surface area contributed by atoms with Crippen LogP contribution in [0.3, 0.4) is 0 Å². The molecule has 0 aromatic heterocycles. The molecule has 14 heavy (non-hydrogen) atoms. The van der Waals surface area contributed by atoms with E-state index >= 15 is 0 Å². The van der Waals surface area contributed by atoms with Crippen LogP contribution in [0, 0.1) is 11.3 Å². The van der Waals surface area contributed by atoms with Crippen LogP contribution in [0.1, 0.15) is 19.4 Å². The normalized spacial score (nSPS) is 22.3. The Bertz CT molecular complexity index is 418. The second-order valence-electron chi connectivity index (χ2n) is 4.12. The van der Waals surface area contributed by atoms with Crippen molar-refractivity contribution in [2.24, 2.45) is 0 Å². The fourth-order valence-corrected chi connectivity index (χ4v) is 2.22. The molecule has 1 aromatic carbocycles. The minimum atomic E-state index is -0.133. The third-order valence-electron chi connectivity index (χ3n) is 2.83. The monoisotopic (exact) mass is 250 g/mol. The number of nitrogens with one attached hydrogen (secondary N) is 1. The maximum Gasteiger partial charge on any atom is 0.123 e. The molecule has 3 heteroatoms. The lowest BCUT2D eigenvalue weighted by Gasteiger charge is -2.21. The summed E-state index contributed by atoms with van der Waals surface area (Å²) < 4.78 is 1.06. The quantitative estimate of drug-likeness (QED) is 0.769. The minimum Gasteiger partial charge on any atom is -0.369 e. The van der Waals surface area contributed by atoms with Crippen LogP contribution in [0.25, 0.3) is 0 Å². The molecular formula is C11H11BrN2. The van der Waals surface area contributed by atoms with Crippen molar-refractivity contribution in [1.29, 1.82) is 5.26 Å². The number of rotatable bonds is 0. The van der Waals surface area contributed by atoms with E-state index in [-0.39, 0.29) is 11.5 Å². The number of halogens is 1. The second kappa shape index (κ2) is 2.99. The summed E-state index contributed by atoms with van der Waals surface area (Å²) in [5, 5.41) is 12.2. The van der Waals surface area contributed by atoms with E-state index in [0.717, 1.165) is 10.2 Å². The lowest BCUT2D eigenvalue weighted by Crippen LogP contribution is -2.31. The molecule has 1 unspecified atom stereocenters. The fourth-order valence-electron chi connectivity index (χ4n) is 1.86. The standard InChI is InChI=1S/C11H11BrN2/c1-11(2)8-5-7(12)3-4-9(8)14-10(11)6-13/h3-5,10,14H,1-2H3. The summed E-state index contributed by atoms with van der Waals surface area (Å²) in [7, 11) is 0. The van der Waals surface area contributed by atoms with E-state index in [1.165, 1.54) is 5.56 Å². The number of hydrogen-bond acceptors (Lipinski definition) is 2. The van der Waals surface area contributed by atoms with Gasteiger partial charge in [0.1, 0.15) is 6.04 Å². The molecule has 0 saturated carbocycles. The van der Waals surface area contributed by atoms with Crippen LogP contribution < -0.4 is 5.32 Å². The second-order valence-corrected chi connectivity index (χ2v) is 5.03. The van der Waals surface area contributed by atoms with E-state index < -0.39 is 0 Å². The van der Waals surface area contributed by atoms with Gasteiger partial charge in [-0.2, -0.15) is 5.26 Å². The highest BCUT2D eigenvalue weighted by Crippen LogP contribution is 2.41. The Morgan fingerprint density at radius 2 is 2.21 bits per heavy atom. The van der Waals surface area contributed by atoms with Gasteiger partial charge < -0.3 is 5.32 Å². The molecule has 1 aliphatic heterocycles. The lowest BCUT2D eigenvalue weighted by molar-refractivity contribution is 0.524. The molecule has 1 aliphatic rings. The van der Waals surface area contributed by atoms with Gasteiger partial charge in [0.05, 0.1) is 6.07 Å². The smallest absolute Gasteiger partial charge is 0.123 e. The molecule has 0 saturated heterocycles. The largest absolute Gasteiger partial charge is 0.369 e. The zero-order valence-corrected chi connectivity index (χ0v) is 9.72. The summed E-state index contributed by atoms with van der Waals surface area (Å²) in [6.45, 7) is 4.18. The van der Waals surface area contributed by atoms with Crippen molar-refractivity contribution in [3.05, 3.63) is 28.2 Å². The summed E-state index contributed by atoms with van der Waals surface area (Å²) >= 11 is 3.45. The van der Waals surface area contributed by atoms with Gasteiger partial charge in [0, 0.05) is 15.6 Å². The molecular weight excluding hydrogens is 240 g/mol. The molecule has 0 spiro atoms. The van der Waals surface area contributed by atoms with E-state index in [2.05, 4.69) is 47.2 Å². The van der Waals surface area contributed by atoms with E-state index in [9.17, 15) is 0 Å². The summed E-state index contributed by atoms with van der Waals surface area (Å²) in [4.78, 5) is 0. The van der Waals surface area contributed by atoms with E-state index in [1.807, 2.05) is 12.1 Å². The summed E-state index contributed by atoms with van der Waals surface area (Å²) in [6, 6.07) is 8.24. The number of anilines is 1. The van der Waals surface area contributed by atoms with E-state index in [0.29, 0.717) is 0 Å². The summed E-state index contributed by atoms with van der Waals surface area (Å²) in [5.74, 6) is 0. The lowest BCUT2D eigenvalue weighted by atomic mass is 9.81. The van der Waals surface area contributed by atoms with Gasteiger partial charge in [-0.05, 0) is 23.8 Å². The molecule has 2 rings (SSSR count). The van der Waals surface area contributed by atoms with Crippen LogP contribution in [0.4, 0.5) is 5.69 Å². The Labute approximate surface area is 92.1 Å². The first-order chi connectivity index (χ1) is 6.55. The van der Waals surface area contributed by atoms with E-state index in [1.54, 1.807) is 0 Å². The average molecular weight is 251 g/mol. The molecule has 0 bridgehead atoms. The molecule has 72 valence electrons. The molecule has 0 aliphatic carbocycles. The van der Waals surface area contributed by atoms with Crippen molar-refractivity contribution < 1.29 is 0 Å². The fraction of sp³-hybridized carbons (Fsp3) is 0.364. The number of fused-ring (bicyclic) bond motifs is 1. The predicted molar refractivity (Wildman–Crippen MR) is 60.2 cm³/mol. The van der Waals surface area contributed by atoms with Crippen LogP contribution in [0.2, 0.25) is 0 Å². The molecule has 1 heterocycles. The highest BCUT2D eigenvalue weighted by molar-refractivity contribution is 9.10. The SMILES string of the molecule is CC1(C)c2cc(Br)ccc2NC1C#N. The average Bonchev–Trinajstić information content (AvgIpc) is 2.38. The molecule has 0 amide bonds. The van der Waals surface area contributed by atoms with Gasteiger partial charge in [0.2, 0.25) is 0 Å². The summed E-state index contributed by atoms with van der Waals surface area (Å²) in [6.07, 6.45) is 0. The highest BCUT2D eigenvalue weighted by Gasteiger charge is 2.39. The highest BCUT2D eigenvalue weighted by atomic mass is 79.9. The van der Waals surface area contributed by atoms with Crippen molar-refractivity contribution in [3.63, 3.8) is 0 Å². The van der Waals surface area contributed by atoms with Gasteiger partial charge in [-0.25, -0.2) is 0 Å². The van der Waals surface area contributed by atoms with Crippen molar-refractivity contribution in [2.75, 3.05) is 5.32 Å². The zero-order chi connectivity index (χ0) is 10.3. The molecule has 0 fully saturated rings. The number of nitriles is 1. The third kappa shape index (κ3) is 1.22. The maximum atomic E-state index is 9.02. The van der Waals surface area contributed by atoms with Gasteiger partial charge in [-0.1, -0.05) is 29.8 Å². The van der Waals surface area contributed by atoms with Crippen LogP contribution in [0.5, 0.6) is 0 Å². The molecule has 0 radical (unpaired) electrons. The number of nitrogens with zero attached hydrogens (tertiary/aromatic N) is 1. The Hall–Kier alpha value is -1.01. The number of hydrogen-bond donors (Lipinski definition) is 1. The van der Waals surface area contributed by atoms with E-state index in [4.69, 9.17) is 5.26 Å². The van der Waals surface area contributed by atoms with Gasteiger partial charge in [0.15, 0.2) is 0 Å². The van der Waals surface area contributed by atoms with Crippen LogP contribution in [0.15, 0.2) is 22.7 Å². The Morgan fingerprint density at radius 3 is 2.86 bits per heavy atom. The van der Waals surface area contributed by atoms with Gasteiger partial charge in [-0.15, -0.1) is 0 Å². The molecule has 1 aromatic rings. The Kier molecular flexibility index (Phi) is 2.04. The first-order valence-corrected chi connectivity index (χ1v) is 5.31. The van der Waals surface area contributed by atoms with Crippen LogP contribution >= 0.6 is 15.9 Å². The van der Waals surface area contributed by atoms with Gasteiger partial charge in [-0.3, -0.25) is 0 Å². The topological polar surface area (TPSA) is 35.8 Å². The van der Waals surface area contributed by atoms with Crippen LogP contribution in [-0.2, 0) is 5.41 Å². The van der Waals surface area contributed by atoms with Crippen LogP contribution in [-0.4, -0.2) is 6.04 Å². The molecule has 2 nitrogen and oxygen atoms in total. The molecule has 1 atom stereocenters. The van der Waals surface area contributed by atoms with Gasteiger partial charge in [0.25, 0.3) is 0 Å². The van der Waals surface area contributed by atoms with Crippen molar-refractivity contribution in [1.82, 2.24) is 0 Å². The maximum absolute atomic E-state index is 9.02. The zero-order valence-electron chi connectivity index (χ0n) is 8.13. The summed E-state index contributed by atoms with van der Waals surface area (Å²) in [5.41, 5.74) is 2.16. The van der Waals surface area contributed by atoms with Crippen molar-refractivity contribution in [3.8, 4) is 6.07 Å². The van der Waals surface area contributed by atoms with Gasteiger partial charge >= 0.3 is 0 Å². The Balaban J connectivity index is 2.57. The predicted octanol–water partition coefficient (Wildman–Crippen LogP) is 3.04. The third-order valence-corrected chi connectivity index (χ3v) is 3.32. The van der Waals surface area contributed by atoms with Crippen molar-refractivity contribution in [2.45, 2.75) is 25.3 Å². The Morgan fingerprint density at radius 1 is 1.50 bits per heavy atom. The first kappa shape index (κ1) is 9.54. The molecule has 1 N–H and O–H groups in total. The first-order valence-electron chi connectivity index (χ1n) is 4.52. The minimum absolute atomic E-state index is 0.117.